The Morgan fingerprint density at radius 2 is 1.90 bits per heavy atom. The van der Waals surface area contributed by atoms with Gasteiger partial charge in [0.05, 0.1) is 34.8 Å². The molecule has 7 heteroatoms. The largest absolute Gasteiger partial charge is 0.510 e. The Labute approximate surface area is 174 Å². The summed E-state index contributed by atoms with van der Waals surface area (Å²) in [5, 5.41) is 19.2. The van der Waals surface area contributed by atoms with Crippen molar-refractivity contribution in [1.29, 1.82) is 5.41 Å². The fourth-order valence-electron chi connectivity index (χ4n) is 3.62. The Hall–Kier alpha value is -3.61. The molecule has 1 aliphatic heterocycles. The molecule has 1 aliphatic rings. The van der Waals surface area contributed by atoms with Crippen molar-refractivity contribution in [3.8, 4) is 0 Å². The maximum absolute atomic E-state index is 12.0. The first-order valence-electron chi connectivity index (χ1n) is 9.83. The second-order valence-electron chi connectivity index (χ2n) is 7.66. The number of fused-ring (bicyclic) bond motifs is 1. The molecule has 2 aromatic carbocycles. The van der Waals surface area contributed by atoms with Gasteiger partial charge in [-0.2, -0.15) is 0 Å². The lowest BCUT2D eigenvalue weighted by atomic mass is 10.1. The van der Waals surface area contributed by atoms with Crippen LogP contribution in [0, 0.1) is 5.41 Å². The van der Waals surface area contributed by atoms with Crippen molar-refractivity contribution in [2.24, 2.45) is 7.05 Å². The van der Waals surface area contributed by atoms with Crippen LogP contribution in [0.4, 0.5) is 0 Å². The van der Waals surface area contributed by atoms with Crippen molar-refractivity contribution in [1.82, 2.24) is 14.5 Å². The number of nitrogens with zero attached hydrogens (tertiary/aromatic N) is 3. The smallest absolute Gasteiger partial charge is 0.338 e. The molecule has 0 spiro atoms. The molecule has 0 bridgehead atoms. The molecule has 154 valence electrons. The summed E-state index contributed by atoms with van der Waals surface area (Å²) in [4.78, 5) is 18.4. The number of aliphatic hydroxyl groups excluding tert-OH is 1. The molecule has 2 N–H and O–H groups in total. The summed E-state index contributed by atoms with van der Waals surface area (Å²) in [5.41, 5.74) is 3.64. The lowest BCUT2D eigenvalue weighted by molar-refractivity contribution is 0.0378. The van der Waals surface area contributed by atoms with Gasteiger partial charge >= 0.3 is 5.97 Å². The van der Waals surface area contributed by atoms with Crippen LogP contribution in [0.3, 0.4) is 0 Å². The Morgan fingerprint density at radius 3 is 2.57 bits per heavy atom. The molecule has 0 atom stereocenters. The van der Waals surface area contributed by atoms with Crippen LogP contribution in [0.25, 0.3) is 16.6 Å². The van der Waals surface area contributed by atoms with Crippen LogP contribution >= 0.6 is 0 Å². The SMILES string of the molecule is CC(C)OC(=O)c1ccc(CN2CC(O)=C(c3nc4ccccc4n3C)C2=N)cc1. The van der Waals surface area contributed by atoms with Gasteiger partial charge in [-0.1, -0.05) is 24.3 Å². The molecule has 1 aromatic heterocycles. The number of carbonyl (C=O) groups is 1. The second kappa shape index (κ2) is 7.67. The van der Waals surface area contributed by atoms with Gasteiger partial charge in [0.25, 0.3) is 0 Å². The first kappa shape index (κ1) is 19.7. The van der Waals surface area contributed by atoms with E-state index in [4.69, 9.17) is 10.1 Å². The van der Waals surface area contributed by atoms with Crippen molar-refractivity contribution in [2.45, 2.75) is 26.5 Å². The molecular weight excluding hydrogens is 380 g/mol. The van der Waals surface area contributed by atoms with Gasteiger partial charge in [0.1, 0.15) is 17.4 Å². The summed E-state index contributed by atoms with van der Waals surface area (Å²) in [6.07, 6.45) is -0.169. The topological polar surface area (TPSA) is 91.4 Å². The first-order chi connectivity index (χ1) is 14.3. The third kappa shape index (κ3) is 3.54. The van der Waals surface area contributed by atoms with Crippen molar-refractivity contribution in [2.75, 3.05) is 6.54 Å². The number of para-hydroxylation sites is 2. The predicted molar refractivity (Wildman–Crippen MR) is 115 cm³/mol. The van der Waals surface area contributed by atoms with Gasteiger partial charge in [0.2, 0.25) is 0 Å². The zero-order valence-electron chi connectivity index (χ0n) is 17.2. The molecule has 2 heterocycles. The van der Waals surface area contributed by atoms with E-state index < -0.39 is 0 Å². The Balaban J connectivity index is 1.52. The van der Waals surface area contributed by atoms with Crippen molar-refractivity contribution in [3.63, 3.8) is 0 Å². The highest BCUT2D eigenvalue weighted by atomic mass is 16.5. The highest BCUT2D eigenvalue weighted by Gasteiger charge is 2.31. The van der Waals surface area contributed by atoms with Crippen LogP contribution in [0.1, 0.15) is 35.6 Å². The highest BCUT2D eigenvalue weighted by Crippen LogP contribution is 2.29. The quantitative estimate of drug-likeness (QED) is 0.630. The molecule has 0 unspecified atom stereocenters. The van der Waals surface area contributed by atoms with E-state index in [0.29, 0.717) is 23.5 Å². The fourth-order valence-corrected chi connectivity index (χ4v) is 3.62. The summed E-state index contributed by atoms with van der Waals surface area (Å²) in [5.74, 6) is 0.589. The van der Waals surface area contributed by atoms with Gasteiger partial charge < -0.3 is 19.3 Å². The zero-order chi connectivity index (χ0) is 21.4. The number of aryl methyl sites for hydroxylation is 1. The molecule has 30 heavy (non-hydrogen) atoms. The average Bonchev–Trinajstić information content (AvgIpc) is 3.18. The number of nitrogens with one attached hydrogen (secondary N) is 1. The zero-order valence-corrected chi connectivity index (χ0v) is 17.2. The molecule has 3 aromatic rings. The normalized spacial score (nSPS) is 14.3. The van der Waals surface area contributed by atoms with E-state index in [2.05, 4.69) is 4.98 Å². The molecule has 4 rings (SSSR count). The van der Waals surface area contributed by atoms with Gasteiger partial charge in [-0.15, -0.1) is 0 Å². The van der Waals surface area contributed by atoms with Crippen LogP contribution in [-0.4, -0.2) is 44.0 Å². The highest BCUT2D eigenvalue weighted by molar-refractivity contribution is 6.23. The number of hydrogen-bond donors (Lipinski definition) is 2. The average molecular weight is 404 g/mol. The number of hydrogen-bond acceptors (Lipinski definition) is 5. The van der Waals surface area contributed by atoms with Crippen LogP contribution < -0.4 is 0 Å². The standard InChI is InChI=1S/C23H24N4O3/c1-14(2)30-23(29)16-10-8-15(9-11-16)12-27-13-19(28)20(21(27)24)22-25-17-6-4-5-7-18(17)26(22)3/h4-11,14,24,28H,12-13H2,1-3H3. The van der Waals surface area contributed by atoms with Gasteiger partial charge in [0.15, 0.2) is 0 Å². The minimum absolute atomic E-state index is 0.135. The van der Waals surface area contributed by atoms with E-state index in [1.165, 1.54) is 0 Å². The van der Waals surface area contributed by atoms with Crippen molar-refractivity contribution in [3.05, 3.63) is 71.2 Å². The van der Waals surface area contributed by atoms with Crippen LogP contribution in [0.2, 0.25) is 0 Å². The monoisotopic (exact) mass is 404 g/mol. The Morgan fingerprint density at radius 1 is 1.20 bits per heavy atom. The van der Waals surface area contributed by atoms with Crippen molar-refractivity contribution < 1.29 is 14.6 Å². The van der Waals surface area contributed by atoms with Crippen LogP contribution in [0.15, 0.2) is 54.3 Å². The van der Waals surface area contributed by atoms with E-state index in [0.717, 1.165) is 16.6 Å². The molecule has 0 fully saturated rings. The minimum Gasteiger partial charge on any atom is -0.510 e. The van der Waals surface area contributed by atoms with Crippen molar-refractivity contribution >= 4 is 28.4 Å². The number of benzene rings is 2. The van der Waals surface area contributed by atoms with E-state index in [9.17, 15) is 9.90 Å². The second-order valence-corrected chi connectivity index (χ2v) is 7.66. The van der Waals surface area contributed by atoms with E-state index in [1.807, 2.05) is 61.9 Å². The lowest BCUT2D eigenvalue weighted by Gasteiger charge is -2.19. The number of ether oxygens (including phenoxy) is 1. The Kier molecular flexibility index (Phi) is 5.03. The van der Waals surface area contributed by atoms with Gasteiger partial charge in [0, 0.05) is 13.6 Å². The van der Waals surface area contributed by atoms with Crippen LogP contribution in [-0.2, 0) is 18.3 Å². The molecule has 7 nitrogen and oxygen atoms in total. The minimum atomic E-state index is -0.353. The maximum atomic E-state index is 12.0. The number of imidazole rings is 1. The molecule has 0 radical (unpaired) electrons. The van der Waals surface area contributed by atoms with Gasteiger partial charge in [-0.3, -0.25) is 5.41 Å². The van der Waals surface area contributed by atoms with Gasteiger partial charge in [-0.05, 0) is 43.7 Å². The summed E-state index contributed by atoms with van der Waals surface area (Å²) < 4.78 is 7.10. The molecule has 0 saturated heterocycles. The molecular formula is C23H24N4O3. The predicted octanol–water partition coefficient (Wildman–Crippen LogP) is 3.90. The number of amidine groups is 1. The number of carbonyl (C=O) groups excluding carboxylic acids is 1. The van der Waals surface area contributed by atoms with E-state index >= 15 is 0 Å². The molecule has 0 saturated carbocycles. The summed E-state index contributed by atoms with van der Waals surface area (Å²) in [6.45, 7) is 4.31. The summed E-state index contributed by atoms with van der Waals surface area (Å²) in [6, 6.07) is 14.9. The third-order valence-corrected chi connectivity index (χ3v) is 5.10. The fraction of sp³-hybridized carbons (Fsp3) is 0.261. The van der Waals surface area contributed by atoms with Crippen LogP contribution in [0.5, 0.6) is 0 Å². The summed E-state index contributed by atoms with van der Waals surface area (Å²) >= 11 is 0. The molecule has 0 amide bonds. The first-order valence-corrected chi connectivity index (χ1v) is 9.83. The molecule has 0 aliphatic carbocycles. The maximum Gasteiger partial charge on any atom is 0.338 e. The third-order valence-electron chi connectivity index (χ3n) is 5.10. The number of esters is 1. The van der Waals surface area contributed by atoms with E-state index in [-0.39, 0.29) is 30.2 Å². The lowest BCUT2D eigenvalue weighted by Crippen LogP contribution is -2.26. The Bertz CT molecular complexity index is 1160. The number of aliphatic hydroxyl groups is 1. The number of aromatic nitrogens is 2. The van der Waals surface area contributed by atoms with Gasteiger partial charge in [-0.25, -0.2) is 9.78 Å². The van der Waals surface area contributed by atoms with E-state index in [1.54, 1.807) is 17.0 Å². The summed E-state index contributed by atoms with van der Waals surface area (Å²) in [7, 11) is 1.88. The number of rotatable bonds is 5.